The van der Waals surface area contributed by atoms with Gasteiger partial charge in [-0.2, -0.15) is 0 Å². The Morgan fingerprint density at radius 3 is 2.07 bits per heavy atom. The van der Waals surface area contributed by atoms with E-state index in [-0.39, 0.29) is 6.29 Å². The zero-order valence-electron chi connectivity index (χ0n) is 22.8. The van der Waals surface area contributed by atoms with Crippen LogP contribution < -0.4 is 5.63 Å². The fraction of sp³-hybridized carbons (Fsp3) is 0.296. The number of aldehydes is 1. The average Bonchev–Trinajstić information content (AvgIpc) is 3.00. The lowest BCUT2D eigenvalue weighted by molar-refractivity contribution is -0.289. The summed E-state index contributed by atoms with van der Waals surface area (Å²) in [4.78, 5) is 62.6. The molecule has 2 heterocycles. The van der Waals surface area contributed by atoms with E-state index in [1.54, 1.807) is 0 Å². The van der Waals surface area contributed by atoms with Gasteiger partial charge in [0.25, 0.3) is 0 Å². The fourth-order valence-corrected chi connectivity index (χ4v) is 4.71. The number of fused-ring (bicyclic) bond motifs is 1. The van der Waals surface area contributed by atoms with E-state index in [2.05, 4.69) is 0 Å². The molecule has 46 heavy (non-hydrogen) atoms. The number of carbonyl (C=O) groups is 4. The SMILES string of the molecule is O=Cc1oc(=O)c2cc(O)c(O)c(O)c2c1C(CC(=O)O)C(=O)OC1C(OC(=O)c2cc(O)c(O)c(O)c2)OC(CO)C(O)C1O. The van der Waals surface area contributed by atoms with Gasteiger partial charge in [0.1, 0.15) is 18.3 Å². The number of phenols is 6. The number of phenolic OH excluding ortho intramolecular Hbond substituents is 6. The first kappa shape index (κ1) is 33.3. The molecule has 0 radical (unpaired) electrons. The van der Waals surface area contributed by atoms with Gasteiger partial charge in [-0.05, 0) is 18.2 Å². The number of aliphatic carboxylic acids is 1. The van der Waals surface area contributed by atoms with E-state index in [0.29, 0.717) is 18.2 Å². The van der Waals surface area contributed by atoms with Crippen molar-refractivity contribution >= 4 is 35.0 Å². The van der Waals surface area contributed by atoms with E-state index in [0.717, 1.165) is 0 Å². The number of esters is 2. The van der Waals surface area contributed by atoms with Crippen LogP contribution in [0.3, 0.4) is 0 Å². The molecular formula is C27H24O19. The minimum Gasteiger partial charge on any atom is -0.504 e. The molecule has 1 aliphatic heterocycles. The first-order valence-corrected chi connectivity index (χ1v) is 12.8. The number of carboxylic acid groups (broad SMARTS) is 1. The average molecular weight is 652 g/mol. The molecule has 19 heteroatoms. The minimum atomic E-state index is -2.24. The number of benzene rings is 2. The Bertz CT molecular complexity index is 1750. The van der Waals surface area contributed by atoms with E-state index >= 15 is 0 Å². The van der Waals surface area contributed by atoms with Crippen molar-refractivity contribution in [2.75, 3.05) is 6.61 Å². The van der Waals surface area contributed by atoms with Crippen molar-refractivity contribution in [1.29, 1.82) is 0 Å². The van der Waals surface area contributed by atoms with Gasteiger partial charge >= 0.3 is 23.5 Å². The Hall–Kier alpha value is -5.63. The Kier molecular flexibility index (Phi) is 9.24. The molecule has 3 aromatic rings. The van der Waals surface area contributed by atoms with E-state index < -0.39 is 135 Å². The maximum absolute atomic E-state index is 13.6. The molecule has 1 saturated heterocycles. The quantitative estimate of drug-likeness (QED) is 0.0722. The van der Waals surface area contributed by atoms with Crippen LogP contribution in [-0.2, 0) is 23.8 Å². The van der Waals surface area contributed by atoms with Crippen LogP contribution in [0.2, 0.25) is 0 Å². The number of hydrogen-bond acceptors (Lipinski definition) is 18. The third-order valence-electron chi connectivity index (χ3n) is 6.94. The first-order valence-electron chi connectivity index (χ1n) is 12.8. The standard InChI is InChI=1S/C27H24O19/c28-5-13-16(17-8(25(41)43-13)3-12(32)19(36)21(17)38)9(4-15(33)34)26(42)45-23-22(39)20(37)14(6-29)44-27(23)46-24(40)7-1-10(30)18(35)11(31)2-7/h1-3,5,9,14,20,22-23,27,29-32,35-39H,4,6H2,(H,33,34). The number of aliphatic hydroxyl groups is 3. The molecule has 1 fully saturated rings. The molecule has 6 atom stereocenters. The van der Waals surface area contributed by atoms with Crippen LogP contribution in [0, 0.1) is 0 Å². The summed E-state index contributed by atoms with van der Waals surface area (Å²) in [5.41, 5.74) is -2.80. The molecule has 6 unspecified atom stereocenters. The Labute approximate surface area is 253 Å². The summed E-state index contributed by atoms with van der Waals surface area (Å²) >= 11 is 0. The van der Waals surface area contributed by atoms with E-state index in [1.807, 2.05) is 0 Å². The van der Waals surface area contributed by atoms with Gasteiger partial charge in [-0.15, -0.1) is 0 Å². The molecule has 1 aliphatic rings. The van der Waals surface area contributed by atoms with Gasteiger partial charge in [-0.1, -0.05) is 0 Å². The zero-order chi connectivity index (χ0) is 34.2. The molecule has 2 aromatic carbocycles. The molecule has 246 valence electrons. The largest absolute Gasteiger partial charge is 0.504 e. The minimum absolute atomic E-state index is 0.136. The highest BCUT2D eigenvalue weighted by atomic mass is 16.7. The molecule has 10 N–H and O–H groups in total. The highest BCUT2D eigenvalue weighted by Gasteiger charge is 2.49. The van der Waals surface area contributed by atoms with Crippen molar-refractivity contribution in [2.24, 2.45) is 0 Å². The lowest BCUT2D eigenvalue weighted by atomic mass is 9.89. The molecule has 0 spiro atoms. The molecule has 0 saturated carbocycles. The van der Waals surface area contributed by atoms with Crippen molar-refractivity contribution in [3.05, 3.63) is 45.5 Å². The summed E-state index contributed by atoms with van der Waals surface area (Å²) in [7, 11) is 0. The molecule has 0 bridgehead atoms. The Balaban J connectivity index is 1.80. The number of rotatable bonds is 9. The predicted molar refractivity (Wildman–Crippen MR) is 142 cm³/mol. The maximum Gasteiger partial charge on any atom is 0.344 e. The summed E-state index contributed by atoms with van der Waals surface area (Å²) in [5, 5.41) is 98.3. The number of hydrogen-bond donors (Lipinski definition) is 10. The molecule has 0 amide bonds. The van der Waals surface area contributed by atoms with Crippen molar-refractivity contribution in [3.8, 4) is 34.5 Å². The molecule has 1 aromatic heterocycles. The van der Waals surface area contributed by atoms with E-state index in [4.69, 9.17) is 18.6 Å². The number of ether oxygens (including phenoxy) is 3. The summed E-state index contributed by atoms with van der Waals surface area (Å²) in [5.74, 6) is -14.6. The third kappa shape index (κ3) is 6.02. The Morgan fingerprint density at radius 1 is 0.891 bits per heavy atom. The molecule has 19 nitrogen and oxygen atoms in total. The van der Waals surface area contributed by atoms with Crippen LogP contribution in [0.1, 0.15) is 38.8 Å². The monoisotopic (exact) mass is 652 g/mol. The topological polar surface area (TPSA) is 328 Å². The predicted octanol–water partition coefficient (Wildman–Crippen LogP) is -1.39. The van der Waals surface area contributed by atoms with Crippen LogP contribution in [0.5, 0.6) is 34.5 Å². The van der Waals surface area contributed by atoms with Crippen LogP contribution >= 0.6 is 0 Å². The van der Waals surface area contributed by atoms with Gasteiger partial charge in [0.15, 0.2) is 46.9 Å². The second-order valence-corrected chi connectivity index (χ2v) is 9.83. The molecule has 0 aliphatic carbocycles. The second kappa shape index (κ2) is 12.8. The van der Waals surface area contributed by atoms with E-state index in [1.165, 1.54) is 0 Å². The highest BCUT2D eigenvalue weighted by Crippen LogP contribution is 2.45. The van der Waals surface area contributed by atoms with Crippen LogP contribution in [0.15, 0.2) is 27.4 Å². The van der Waals surface area contributed by atoms with E-state index in [9.17, 15) is 75.0 Å². The van der Waals surface area contributed by atoms with Gasteiger partial charge in [0.05, 0.1) is 29.9 Å². The zero-order valence-corrected chi connectivity index (χ0v) is 22.8. The summed E-state index contributed by atoms with van der Waals surface area (Å²) < 4.78 is 20.4. The molecular weight excluding hydrogens is 628 g/mol. The van der Waals surface area contributed by atoms with Crippen molar-refractivity contribution < 1.29 is 88.9 Å². The Morgan fingerprint density at radius 2 is 1.50 bits per heavy atom. The second-order valence-electron chi connectivity index (χ2n) is 9.83. The van der Waals surface area contributed by atoms with Crippen molar-refractivity contribution in [2.45, 2.75) is 43.0 Å². The first-order chi connectivity index (χ1) is 21.6. The smallest absolute Gasteiger partial charge is 0.344 e. The lowest BCUT2D eigenvalue weighted by Gasteiger charge is -2.41. The number of aromatic hydroxyl groups is 6. The highest BCUT2D eigenvalue weighted by molar-refractivity contribution is 6.01. The van der Waals surface area contributed by atoms with Crippen LogP contribution in [0.4, 0.5) is 0 Å². The molecule has 4 rings (SSSR count). The van der Waals surface area contributed by atoms with Gasteiger partial charge in [0, 0.05) is 10.9 Å². The van der Waals surface area contributed by atoms with Crippen LogP contribution in [-0.4, -0.2) is 113 Å². The van der Waals surface area contributed by atoms with Gasteiger partial charge in [-0.3, -0.25) is 14.4 Å². The normalized spacial score (nSPS) is 21.8. The van der Waals surface area contributed by atoms with Crippen LogP contribution in [0.25, 0.3) is 10.8 Å². The third-order valence-corrected chi connectivity index (χ3v) is 6.94. The fourth-order valence-electron chi connectivity index (χ4n) is 4.71. The maximum atomic E-state index is 13.6. The van der Waals surface area contributed by atoms with Crippen molar-refractivity contribution in [1.82, 2.24) is 0 Å². The summed E-state index contributed by atoms with van der Waals surface area (Å²) in [6, 6.07) is 1.89. The number of carboxylic acids is 1. The number of aliphatic hydroxyl groups excluding tert-OH is 3. The summed E-state index contributed by atoms with van der Waals surface area (Å²) in [6.45, 7) is -0.983. The lowest BCUT2D eigenvalue weighted by Crippen LogP contribution is -2.61. The van der Waals surface area contributed by atoms with Gasteiger partial charge < -0.3 is 69.7 Å². The van der Waals surface area contributed by atoms with Crippen molar-refractivity contribution in [3.63, 3.8) is 0 Å². The summed E-state index contributed by atoms with van der Waals surface area (Å²) in [6.07, 6.45) is -11.8. The van der Waals surface area contributed by atoms with Gasteiger partial charge in [-0.25, -0.2) is 9.59 Å². The van der Waals surface area contributed by atoms with Gasteiger partial charge in [0.2, 0.25) is 12.0 Å². The number of carbonyl (C=O) groups excluding carboxylic acids is 3.